The van der Waals surface area contributed by atoms with E-state index in [1.54, 1.807) is 12.1 Å². The summed E-state index contributed by atoms with van der Waals surface area (Å²) in [5.41, 5.74) is 6.34. The summed E-state index contributed by atoms with van der Waals surface area (Å²) >= 11 is 0. The number of ether oxygens (including phenoxy) is 1. The van der Waals surface area contributed by atoms with Crippen LogP contribution in [0.3, 0.4) is 0 Å². The number of benzene rings is 2. The highest BCUT2D eigenvalue weighted by atomic mass is 16.5. The van der Waals surface area contributed by atoms with E-state index in [0.29, 0.717) is 23.1 Å². The fourth-order valence-corrected chi connectivity index (χ4v) is 3.46. The van der Waals surface area contributed by atoms with E-state index >= 15 is 0 Å². The van der Waals surface area contributed by atoms with Crippen LogP contribution in [-0.2, 0) is 4.79 Å². The molecule has 2 aliphatic carbocycles. The Morgan fingerprint density at radius 2 is 1.85 bits per heavy atom. The van der Waals surface area contributed by atoms with Crippen molar-refractivity contribution < 1.29 is 9.53 Å². The molecular formula is C22H19N3O2. The van der Waals surface area contributed by atoms with Crippen LogP contribution in [0.1, 0.15) is 18.4 Å². The fourth-order valence-electron chi connectivity index (χ4n) is 3.46. The minimum Gasteiger partial charge on any atom is -0.484 e. The van der Waals surface area contributed by atoms with Gasteiger partial charge in [-0.1, -0.05) is 36.4 Å². The summed E-state index contributed by atoms with van der Waals surface area (Å²) in [4.78, 5) is 11.9. The number of allylic oxidation sites excluding steroid dienone is 2. The van der Waals surface area contributed by atoms with Gasteiger partial charge in [0.2, 0.25) is 0 Å². The van der Waals surface area contributed by atoms with Gasteiger partial charge in [-0.2, -0.15) is 10.4 Å². The zero-order chi connectivity index (χ0) is 18.6. The van der Waals surface area contributed by atoms with Gasteiger partial charge in [0, 0.05) is 11.6 Å². The molecule has 1 amide bonds. The average molecular weight is 357 g/mol. The molecule has 2 aliphatic rings. The van der Waals surface area contributed by atoms with Crippen molar-refractivity contribution in [2.24, 2.45) is 16.9 Å². The fraction of sp³-hybridized carbons (Fsp3) is 0.227. The van der Waals surface area contributed by atoms with E-state index in [0.717, 1.165) is 29.7 Å². The quantitative estimate of drug-likeness (QED) is 0.655. The number of nitrogens with zero attached hydrogens (tertiary/aromatic N) is 2. The van der Waals surface area contributed by atoms with Crippen LogP contribution in [0.4, 0.5) is 0 Å². The van der Waals surface area contributed by atoms with Crippen molar-refractivity contribution in [2.45, 2.75) is 12.8 Å². The maximum absolute atomic E-state index is 11.9. The minimum absolute atomic E-state index is 0.0701. The molecule has 2 aromatic rings. The second-order valence-electron chi connectivity index (χ2n) is 6.78. The Morgan fingerprint density at radius 3 is 2.52 bits per heavy atom. The van der Waals surface area contributed by atoms with Crippen molar-refractivity contribution >= 4 is 11.6 Å². The Hall–Kier alpha value is -3.39. The lowest BCUT2D eigenvalue weighted by Gasteiger charge is -2.31. The van der Waals surface area contributed by atoms with Crippen molar-refractivity contribution in [1.29, 1.82) is 5.26 Å². The van der Waals surface area contributed by atoms with E-state index in [4.69, 9.17) is 10.00 Å². The molecule has 0 spiro atoms. The number of nitriles is 1. The number of carbonyl (C=O) groups excluding carboxylic acids is 1. The zero-order valence-electron chi connectivity index (χ0n) is 14.8. The second-order valence-corrected chi connectivity index (χ2v) is 6.78. The first-order valence-electron chi connectivity index (χ1n) is 8.98. The molecule has 5 nitrogen and oxygen atoms in total. The maximum Gasteiger partial charge on any atom is 0.277 e. The number of hydrogen-bond donors (Lipinski definition) is 1. The number of hydrazone groups is 1. The molecular weight excluding hydrogens is 338 g/mol. The summed E-state index contributed by atoms with van der Waals surface area (Å²) in [5, 5.41) is 13.1. The van der Waals surface area contributed by atoms with Gasteiger partial charge in [0.1, 0.15) is 5.75 Å². The summed E-state index contributed by atoms with van der Waals surface area (Å²) < 4.78 is 5.53. The van der Waals surface area contributed by atoms with E-state index in [1.165, 1.54) is 0 Å². The molecule has 0 saturated heterocycles. The second kappa shape index (κ2) is 7.46. The molecule has 0 bridgehead atoms. The highest BCUT2D eigenvalue weighted by Crippen LogP contribution is 2.40. The lowest BCUT2D eigenvalue weighted by Crippen LogP contribution is -2.36. The van der Waals surface area contributed by atoms with E-state index in [2.05, 4.69) is 28.7 Å². The first-order valence-corrected chi connectivity index (χ1v) is 8.98. The van der Waals surface area contributed by atoms with Gasteiger partial charge in [0.05, 0.1) is 11.6 Å². The third-order valence-electron chi connectivity index (χ3n) is 5.06. The molecule has 4 rings (SSSR count). The zero-order valence-corrected chi connectivity index (χ0v) is 14.8. The summed E-state index contributed by atoms with van der Waals surface area (Å²) in [5.74, 6) is 1.47. The molecule has 0 radical (unpaired) electrons. The van der Waals surface area contributed by atoms with Crippen LogP contribution < -0.4 is 10.2 Å². The van der Waals surface area contributed by atoms with Gasteiger partial charge < -0.3 is 4.74 Å². The van der Waals surface area contributed by atoms with E-state index in [1.807, 2.05) is 36.4 Å². The van der Waals surface area contributed by atoms with E-state index in [-0.39, 0.29) is 12.5 Å². The van der Waals surface area contributed by atoms with Gasteiger partial charge in [0.25, 0.3) is 5.91 Å². The summed E-state index contributed by atoms with van der Waals surface area (Å²) in [7, 11) is 0. The van der Waals surface area contributed by atoms with Gasteiger partial charge in [0.15, 0.2) is 6.61 Å². The highest BCUT2D eigenvalue weighted by Gasteiger charge is 2.37. The van der Waals surface area contributed by atoms with Crippen LogP contribution in [0.15, 0.2) is 65.8 Å². The third kappa shape index (κ3) is 3.75. The van der Waals surface area contributed by atoms with Crippen molar-refractivity contribution in [2.75, 3.05) is 6.61 Å². The van der Waals surface area contributed by atoms with Crippen molar-refractivity contribution in [3.05, 3.63) is 66.2 Å². The van der Waals surface area contributed by atoms with Gasteiger partial charge in [-0.05, 0) is 54.2 Å². The summed E-state index contributed by atoms with van der Waals surface area (Å²) in [6.07, 6.45) is 6.39. The molecule has 0 unspecified atom stereocenters. The molecule has 27 heavy (non-hydrogen) atoms. The number of rotatable bonds is 5. The van der Waals surface area contributed by atoms with Crippen molar-refractivity contribution in [1.82, 2.24) is 5.43 Å². The van der Waals surface area contributed by atoms with Crippen LogP contribution >= 0.6 is 0 Å². The Morgan fingerprint density at radius 1 is 1.15 bits per heavy atom. The molecule has 2 atom stereocenters. The number of carbonyl (C=O) groups is 1. The maximum atomic E-state index is 11.9. The van der Waals surface area contributed by atoms with Crippen LogP contribution in [-0.4, -0.2) is 18.2 Å². The SMILES string of the molecule is N#Cc1ccc(-c2ccc(OCC(=O)N/N=C3\C[C@@H]4C=CC[C@H]34)cc2)cc1. The molecule has 0 heterocycles. The van der Waals surface area contributed by atoms with Gasteiger partial charge in [-0.15, -0.1) is 0 Å². The lowest BCUT2D eigenvalue weighted by atomic mass is 9.74. The standard InChI is InChI=1S/C22H19N3O2/c23-13-15-4-6-16(7-5-15)17-8-10-19(11-9-17)27-14-22(26)25-24-21-12-18-2-1-3-20(18)21/h1-2,4-11,18,20H,3,12,14H2,(H,25,26)/b24-21+/t18-,20-/m0/s1. The van der Waals surface area contributed by atoms with Crippen LogP contribution in [0, 0.1) is 23.2 Å². The lowest BCUT2D eigenvalue weighted by molar-refractivity contribution is -0.123. The van der Waals surface area contributed by atoms with Crippen LogP contribution in [0.5, 0.6) is 5.75 Å². The molecule has 1 N–H and O–H groups in total. The monoisotopic (exact) mass is 357 g/mol. The van der Waals surface area contributed by atoms with Gasteiger partial charge in [-0.3, -0.25) is 4.79 Å². The molecule has 2 aromatic carbocycles. The van der Waals surface area contributed by atoms with E-state index < -0.39 is 0 Å². The molecule has 134 valence electrons. The Labute approximate surface area is 158 Å². The number of amides is 1. The van der Waals surface area contributed by atoms with Crippen molar-refractivity contribution in [3.8, 4) is 22.9 Å². The highest BCUT2D eigenvalue weighted by molar-refractivity contribution is 5.94. The van der Waals surface area contributed by atoms with Gasteiger partial charge >= 0.3 is 0 Å². The van der Waals surface area contributed by atoms with Crippen molar-refractivity contribution in [3.63, 3.8) is 0 Å². The first kappa shape index (κ1) is 17.0. The number of nitrogens with one attached hydrogen (secondary N) is 1. The van der Waals surface area contributed by atoms with E-state index in [9.17, 15) is 4.79 Å². The predicted octanol–water partition coefficient (Wildman–Crippen LogP) is 3.67. The Bertz CT molecular complexity index is 937. The molecule has 0 aromatic heterocycles. The van der Waals surface area contributed by atoms with Crippen LogP contribution in [0.25, 0.3) is 11.1 Å². The smallest absolute Gasteiger partial charge is 0.277 e. The summed E-state index contributed by atoms with van der Waals surface area (Å²) in [6, 6.07) is 17.0. The third-order valence-corrected chi connectivity index (χ3v) is 5.06. The normalized spacial score (nSPS) is 21.2. The first-order chi connectivity index (χ1) is 13.2. The predicted molar refractivity (Wildman–Crippen MR) is 103 cm³/mol. The van der Waals surface area contributed by atoms with Gasteiger partial charge in [-0.25, -0.2) is 5.43 Å². The topological polar surface area (TPSA) is 74.5 Å². The molecule has 5 heteroatoms. The molecule has 1 saturated carbocycles. The molecule has 1 fully saturated rings. The number of fused-ring (bicyclic) bond motifs is 1. The average Bonchev–Trinajstić information content (AvgIpc) is 3.08. The summed E-state index contributed by atoms with van der Waals surface area (Å²) in [6.45, 7) is -0.0701. The van der Waals surface area contributed by atoms with Crippen LogP contribution in [0.2, 0.25) is 0 Å². The minimum atomic E-state index is -0.256. The molecule has 0 aliphatic heterocycles. The Balaban J connectivity index is 1.27. The number of hydrogen-bond acceptors (Lipinski definition) is 4. The Kier molecular flexibility index (Phi) is 4.71. The largest absolute Gasteiger partial charge is 0.484 e.